The second-order valence-electron chi connectivity index (χ2n) is 4.69. The van der Waals surface area contributed by atoms with E-state index in [1.165, 1.54) is 0 Å². The van der Waals surface area contributed by atoms with Gasteiger partial charge in [-0.15, -0.1) is 24.8 Å². The SMILES string of the molecule is Cl.Cl.O=S(=O)(NCCN1CCNCC1)c1cc(F)c(Br)cc1F. The van der Waals surface area contributed by atoms with E-state index in [0.717, 1.165) is 32.2 Å². The smallest absolute Gasteiger partial charge is 0.243 e. The summed E-state index contributed by atoms with van der Waals surface area (Å²) in [5, 5.41) is 3.19. The quantitative estimate of drug-likeness (QED) is 0.662. The number of halogens is 5. The summed E-state index contributed by atoms with van der Waals surface area (Å²) in [4.78, 5) is 1.42. The second kappa shape index (κ2) is 10.1. The van der Waals surface area contributed by atoms with Gasteiger partial charge < -0.3 is 5.32 Å². The zero-order valence-electron chi connectivity index (χ0n) is 12.0. The van der Waals surface area contributed by atoms with Crippen molar-refractivity contribution in [1.82, 2.24) is 14.9 Å². The fourth-order valence-corrected chi connectivity index (χ4v) is 3.47. The molecule has 1 aromatic carbocycles. The highest BCUT2D eigenvalue weighted by molar-refractivity contribution is 9.10. The summed E-state index contributed by atoms with van der Waals surface area (Å²) >= 11 is 2.81. The molecule has 0 spiro atoms. The van der Waals surface area contributed by atoms with Gasteiger partial charge in [0.25, 0.3) is 0 Å². The number of hydrogen-bond donors (Lipinski definition) is 2. The lowest BCUT2D eigenvalue weighted by molar-refractivity contribution is 0.245. The number of piperazine rings is 1. The molecule has 23 heavy (non-hydrogen) atoms. The number of benzene rings is 1. The second-order valence-corrected chi connectivity index (χ2v) is 7.28. The summed E-state index contributed by atoms with van der Waals surface area (Å²) in [5.41, 5.74) is 0. The van der Waals surface area contributed by atoms with Gasteiger partial charge in [0.05, 0.1) is 4.47 Å². The summed E-state index contributed by atoms with van der Waals surface area (Å²) in [6.07, 6.45) is 0. The maximum Gasteiger partial charge on any atom is 0.243 e. The van der Waals surface area contributed by atoms with Gasteiger partial charge in [0.2, 0.25) is 10.0 Å². The minimum absolute atomic E-state index is 0. The number of hydrogen-bond acceptors (Lipinski definition) is 4. The summed E-state index contributed by atoms with van der Waals surface area (Å²) in [5.74, 6) is -1.81. The molecule has 0 aromatic heterocycles. The molecule has 2 N–H and O–H groups in total. The van der Waals surface area contributed by atoms with Crippen LogP contribution in [0.1, 0.15) is 0 Å². The van der Waals surface area contributed by atoms with Gasteiger partial charge >= 0.3 is 0 Å². The number of nitrogens with zero attached hydrogens (tertiary/aromatic N) is 1. The van der Waals surface area contributed by atoms with Crippen molar-refractivity contribution in [2.75, 3.05) is 39.3 Å². The standard InChI is InChI=1S/C12H16BrF2N3O2S.2ClH/c13-9-7-11(15)12(8-10(9)14)21(19,20)17-3-6-18-4-1-16-2-5-18;;/h7-8,16-17H,1-6H2;2*1H. The monoisotopic (exact) mass is 455 g/mol. The molecule has 2 rings (SSSR count). The van der Waals surface area contributed by atoms with E-state index in [1.54, 1.807) is 0 Å². The summed E-state index contributed by atoms with van der Waals surface area (Å²) in [6, 6.07) is 1.48. The van der Waals surface area contributed by atoms with Crippen molar-refractivity contribution >= 4 is 50.8 Å². The van der Waals surface area contributed by atoms with Crippen LogP contribution in [0.3, 0.4) is 0 Å². The highest BCUT2D eigenvalue weighted by atomic mass is 79.9. The molecule has 0 atom stereocenters. The zero-order valence-corrected chi connectivity index (χ0v) is 16.1. The maximum atomic E-state index is 13.7. The Morgan fingerprint density at radius 1 is 1.17 bits per heavy atom. The Hall–Kier alpha value is -0.0300. The largest absolute Gasteiger partial charge is 0.314 e. The molecule has 1 aliphatic heterocycles. The van der Waals surface area contributed by atoms with Gasteiger partial charge in [0.1, 0.15) is 16.5 Å². The van der Waals surface area contributed by atoms with Crippen molar-refractivity contribution < 1.29 is 17.2 Å². The van der Waals surface area contributed by atoms with Crippen LogP contribution in [0, 0.1) is 11.6 Å². The van der Waals surface area contributed by atoms with Crippen LogP contribution in [0.15, 0.2) is 21.5 Å². The topological polar surface area (TPSA) is 61.4 Å². The van der Waals surface area contributed by atoms with E-state index >= 15 is 0 Å². The van der Waals surface area contributed by atoms with Crippen LogP contribution in [0.4, 0.5) is 8.78 Å². The summed E-state index contributed by atoms with van der Waals surface area (Å²) in [6.45, 7) is 4.07. The van der Waals surface area contributed by atoms with Crippen LogP contribution in [0.25, 0.3) is 0 Å². The average molecular weight is 457 g/mol. The molecule has 0 bridgehead atoms. The Morgan fingerprint density at radius 2 is 1.78 bits per heavy atom. The lowest BCUT2D eigenvalue weighted by Gasteiger charge is -2.27. The van der Waals surface area contributed by atoms with E-state index in [0.29, 0.717) is 12.6 Å². The third-order valence-corrected chi connectivity index (χ3v) is 5.28. The molecular formula is C12H18BrCl2F2N3O2S. The van der Waals surface area contributed by atoms with Crippen LogP contribution >= 0.6 is 40.7 Å². The normalized spacial score (nSPS) is 15.6. The van der Waals surface area contributed by atoms with Gasteiger partial charge in [-0.05, 0) is 28.1 Å². The van der Waals surface area contributed by atoms with Crippen molar-refractivity contribution in [3.8, 4) is 0 Å². The molecule has 0 unspecified atom stereocenters. The Kier molecular flexibility index (Phi) is 10.1. The molecule has 11 heteroatoms. The lowest BCUT2D eigenvalue weighted by Crippen LogP contribution is -2.46. The summed E-state index contributed by atoms with van der Waals surface area (Å²) in [7, 11) is -4.06. The maximum absolute atomic E-state index is 13.7. The van der Waals surface area contributed by atoms with Gasteiger partial charge in [0.15, 0.2) is 0 Å². The van der Waals surface area contributed by atoms with E-state index in [2.05, 4.69) is 30.9 Å². The first kappa shape index (κ1) is 23.0. The van der Waals surface area contributed by atoms with Crippen LogP contribution in [-0.2, 0) is 10.0 Å². The zero-order chi connectivity index (χ0) is 15.5. The lowest BCUT2D eigenvalue weighted by atomic mass is 10.3. The predicted molar refractivity (Wildman–Crippen MR) is 93.1 cm³/mol. The van der Waals surface area contributed by atoms with Gasteiger partial charge in [-0.3, -0.25) is 4.90 Å². The van der Waals surface area contributed by atoms with Crippen LogP contribution in [-0.4, -0.2) is 52.6 Å². The minimum Gasteiger partial charge on any atom is -0.314 e. The highest BCUT2D eigenvalue weighted by Crippen LogP contribution is 2.22. The Morgan fingerprint density at radius 3 is 2.39 bits per heavy atom. The van der Waals surface area contributed by atoms with Crippen molar-refractivity contribution in [1.29, 1.82) is 0 Å². The Balaban J connectivity index is 0.00000242. The fourth-order valence-electron chi connectivity index (χ4n) is 2.06. The average Bonchev–Trinajstić information content (AvgIpc) is 2.43. The fraction of sp³-hybridized carbons (Fsp3) is 0.500. The van der Waals surface area contributed by atoms with Crippen LogP contribution in [0.5, 0.6) is 0 Å². The van der Waals surface area contributed by atoms with E-state index < -0.39 is 26.6 Å². The summed E-state index contributed by atoms with van der Waals surface area (Å²) < 4.78 is 53.2. The minimum atomic E-state index is -4.06. The third kappa shape index (κ3) is 6.41. The molecule has 1 aromatic rings. The molecule has 1 fully saturated rings. The molecule has 0 radical (unpaired) electrons. The molecule has 1 aliphatic rings. The molecule has 0 saturated carbocycles. The third-order valence-electron chi connectivity index (χ3n) is 3.19. The highest BCUT2D eigenvalue weighted by Gasteiger charge is 2.21. The van der Waals surface area contributed by atoms with Crippen molar-refractivity contribution in [2.45, 2.75) is 4.90 Å². The molecule has 5 nitrogen and oxygen atoms in total. The first-order valence-electron chi connectivity index (χ1n) is 6.47. The first-order chi connectivity index (χ1) is 9.90. The molecule has 1 heterocycles. The number of rotatable bonds is 5. The predicted octanol–water partition coefficient (Wildman–Crippen LogP) is 1.75. The van der Waals surface area contributed by atoms with Crippen LogP contribution in [0.2, 0.25) is 0 Å². The van der Waals surface area contributed by atoms with E-state index in [9.17, 15) is 17.2 Å². The van der Waals surface area contributed by atoms with Gasteiger partial charge in [-0.2, -0.15) is 0 Å². The van der Waals surface area contributed by atoms with E-state index in [1.807, 2.05) is 0 Å². The van der Waals surface area contributed by atoms with Gasteiger partial charge in [-0.1, -0.05) is 0 Å². The first-order valence-corrected chi connectivity index (χ1v) is 8.75. The van der Waals surface area contributed by atoms with E-state index in [4.69, 9.17) is 0 Å². The number of nitrogens with one attached hydrogen (secondary N) is 2. The molecule has 134 valence electrons. The molecule has 0 aliphatic carbocycles. The van der Waals surface area contributed by atoms with Crippen molar-refractivity contribution in [3.05, 3.63) is 28.2 Å². The molecular weight excluding hydrogens is 439 g/mol. The van der Waals surface area contributed by atoms with E-state index in [-0.39, 0.29) is 35.8 Å². The Bertz CT molecular complexity index is 617. The van der Waals surface area contributed by atoms with Gasteiger partial charge in [0, 0.05) is 39.3 Å². The Labute approximate surface area is 155 Å². The van der Waals surface area contributed by atoms with Gasteiger partial charge in [-0.25, -0.2) is 21.9 Å². The van der Waals surface area contributed by atoms with Crippen molar-refractivity contribution in [3.63, 3.8) is 0 Å². The molecule has 0 amide bonds. The van der Waals surface area contributed by atoms with Crippen LogP contribution < -0.4 is 10.0 Å². The van der Waals surface area contributed by atoms with Crippen molar-refractivity contribution in [2.24, 2.45) is 0 Å². The number of sulfonamides is 1. The molecule has 1 saturated heterocycles.